The van der Waals surface area contributed by atoms with Gasteiger partial charge in [0.05, 0.1) is 12.6 Å². The van der Waals surface area contributed by atoms with Gasteiger partial charge in [0.15, 0.2) is 0 Å². The van der Waals surface area contributed by atoms with E-state index in [1.54, 1.807) is 0 Å². The van der Waals surface area contributed by atoms with Crippen LogP contribution in [0.1, 0.15) is 11.6 Å². The average Bonchev–Trinajstić information content (AvgIpc) is 3.24. The number of halogens is 1. The molecule has 0 bridgehead atoms. The van der Waals surface area contributed by atoms with Crippen LogP contribution in [-0.4, -0.2) is 61.1 Å². The monoisotopic (exact) mass is 351 g/mol. The van der Waals surface area contributed by atoms with Gasteiger partial charge in [0, 0.05) is 25.6 Å². The number of likely N-dealkylation sites (tertiary alicyclic amines) is 1. The predicted octanol–water partition coefficient (Wildman–Crippen LogP) is 1.28. The normalized spacial score (nSPS) is 28.5. The van der Waals surface area contributed by atoms with Crippen molar-refractivity contribution in [3.63, 3.8) is 0 Å². The average molecular weight is 352 g/mol. The van der Waals surface area contributed by atoms with E-state index in [0.717, 1.165) is 19.6 Å². The number of rotatable bonds is 3. The minimum Gasteiger partial charge on any atom is -0.448 e. The SMILES string of the molecule is Cl.O=C1OCCN1CC(=O)N1C[C@@H]2CNC[C@@H]2[C@@H]1c1ccccc1. The van der Waals surface area contributed by atoms with E-state index in [0.29, 0.717) is 25.0 Å². The standard InChI is InChI=1S/C17H21N3O3.ClH/c21-15(11-19-6-7-23-17(19)22)20-10-13-8-18-9-14(13)16(20)12-4-2-1-3-5-12;/h1-5,13-14,16,18H,6-11H2;1H/t13-,14-,16-;/m0./s1. The van der Waals surface area contributed by atoms with Crippen molar-refractivity contribution >= 4 is 24.4 Å². The molecule has 1 N–H and O–H groups in total. The molecule has 0 aliphatic carbocycles. The number of carbonyl (C=O) groups is 2. The number of fused-ring (bicyclic) bond motifs is 1. The molecular weight excluding hydrogens is 330 g/mol. The van der Waals surface area contributed by atoms with Crippen molar-refractivity contribution in [3.05, 3.63) is 35.9 Å². The van der Waals surface area contributed by atoms with E-state index in [1.165, 1.54) is 10.5 Å². The highest BCUT2D eigenvalue weighted by molar-refractivity contribution is 5.85. The Kier molecular flexibility index (Phi) is 4.96. The number of carbonyl (C=O) groups excluding carboxylic acids is 2. The zero-order chi connectivity index (χ0) is 15.8. The van der Waals surface area contributed by atoms with E-state index in [-0.39, 0.29) is 37.0 Å². The molecule has 0 spiro atoms. The first-order chi connectivity index (χ1) is 11.2. The Morgan fingerprint density at radius 3 is 2.75 bits per heavy atom. The van der Waals surface area contributed by atoms with Crippen LogP contribution in [0.3, 0.4) is 0 Å². The van der Waals surface area contributed by atoms with Crippen molar-refractivity contribution < 1.29 is 14.3 Å². The maximum absolute atomic E-state index is 12.8. The predicted molar refractivity (Wildman–Crippen MR) is 90.9 cm³/mol. The number of hydrogen-bond acceptors (Lipinski definition) is 4. The van der Waals surface area contributed by atoms with Crippen LogP contribution in [0.25, 0.3) is 0 Å². The van der Waals surface area contributed by atoms with Gasteiger partial charge in [-0.2, -0.15) is 0 Å². The van der Waals surface area contributed by atoms with Crippen LogP contribution < -0.4 is 5.32 Å². The zero-order valence-corrected chi connectivity index (χ0v) is 14.2. The molecule has 0 aromatic heterocycles. The topological polar surface area (TPSA) is 61.9 Å². The summed E-state index contributed by atoms with van der Waals surface area (Å²) in [6, 6.07) is 10.3. The first-order valence-electron chi connectivity index (χ1n) is 8.21. The first kappa shape index (κ1) is 17.0. The largest absolute Gasteiger partial charge is 0.448 e. The molecule has 4 rings (SSSR count). The quantitative estimate of drug-likeness (QED) is 0.891. The Labute approximate surface area is 147 Å². The van der Waals surface area contributed by atoms with Crippen molar-refractivity contribution in [2.24, 2.45) is 11.8 Å². The van der Waals surface area contributed by atoms with Crippen LogP contribution in [0.15, 0.2) is 30.3 Å². The summed E-state index contributed by atoms with van der Waals surface area (Å²) in [4.78, 5) is 27.9. The molecule has 0 radical (unpaired) electrons. The number of hydrogen-bond donors (Lipinski definition) is 1. The lowest BCUT2D eigenvalue weighted by Gasteiger charge is -2.29. The fourth-order valence-electron chi connectivity index (χ4n) is 4.08. The zero-order valence-electron chi connectivity index (χ0n) is 13.4. The fourth-order valence-corrected chi connectivity index (χ4v) is 4.08. The second-order valence-corrected chi connectivity index (χ2v) is 6.52. The number of nitrogens with one attached hydrogen (secondary N) is 1. The molecule has 7 heteroatoms. The summed E-state index contributed by atoms with van der Waals surface area (Å²) in [5.74, 6) is 0.966. The summed E-state index contributed by atoms with van der Waals surface area (Å²) in [6.07, 6.45) is -0.379. The first-order valence-corrected chi connectivity index (χ1v) is 8.21. The third-order valence-corrected chi connectivity index (χ3v) is 5.20. The Hall–Kier alpha value is -1.79. The van der Waals surface area contributed by atoms with Crippen LogP contribution in [0.5, 0.6) is 0 Å². The Balaban J connectivity index is 0.00000169. The summed E-state index contributed by atoms with van der Waals surface area (Å²) in [7, 11) is 0. The maximum Gasteiger partial charge on any atom is 0.410 e. The molecule has 3 aliphatic heterocycles. The third-order valence-electron chi connectivity index (χ3n) is 5.20. The maximum atomic E-state index is 12.8. The number of amides is 2. The van der Waals surface area contributed by atoms with Crippen LogP contribution >= 0.6 is 12.4 Å². The van der Waals surface area contributed by atoms with Gasteiger partial charge in [0.2, 0.25) is 5.91 Å². The van der Waals surface area contributed by atoms with Gasteiger partial charge in [-0.25, -0.2) is 4.79 Å². The molecule has 1 aromatic carbocycles. The number of nitrogens with zero attached hydrogens (tertiary/aromatic N) is 2. The molecule has 3 atom stereocenters. The van der Waals surface area contributed by atoms with Crippen LogP contribution in [0.4, 0.5) is 4.79 Å². The van der Waals surface area contributed by atoms with E-state index in [9.17, 15) is 9.59 Å². The van der Waals surface area contributed by atoms with E-state index in [2.05, 4.69) is 17.4 Å². The van der Waals surface area contributed by atoms with E-state index in [4.69, 9.17) is 4.74 Å². The summed E-state index contributed by atoms with van der Waals surface area (Å²) in [5, 5.41) is 3.44. The molecule has 1 aromatic rings. The van der Waals surface area contributed by atoms with Crippen molar-refractivity contribution in [2.75, 3.05) is 39.3 Å². The van der Waals surface area contributed by atoms with Gasteiger partial charge in [-0.1, -0.05) is 30.3 Å². The van der Waals surface area contributed by atoms with Gasteiger partial charge in [0.1, 0.15) is 13.2 Å². The molecule has 0 unspecified atom stereocenters. The Bertz CT molecular complexity index is 612. The second kappa shape index (κ2) is 6.99. The van der Waals surface area contributed by atoms with Gasteiger partial charge >= 0.3 is 6.09 Å². The molecular formula is C17H22ClN3O3. The van der Waals surface area contributed by atoms with E-state index in [1.807, 2.05) is 23.1 Å². The Morgan fingerprint density at radius 2 is 2.04 bits per heavy atom. The molecule has 130 valence electrons. The van der Waals surface area contributed by atoms with Gasteiger partial charge in [-0.3, -0.25) is 9.69 Å². The molecule has 3 fully saturated rings. The number of cyclic esters (lactones) is 1. The highest BCUT2D eigenvalue weighted by Gasteiger charge is 2.47. The minimum absolute atomic E-state index is 0. The van der Waals surface area contributed by atoms with Crippen LogP contribution in [0, 0.1) is 11.8 Å². The molecule has 24 heavy (non-hydrogen) atoms. The molecule has 3 saturated heterocycles. The molecule has 0 saturated carbocycles. The van der Waals surface area contributed by atoms with Crippen LogP contribution in [0.2, 0.25) is 0 Å². The number of benzene rings is 1. The van der Waals surface area contributed by atoms with E-state index < -0.39 is 0 Å². The smallest absolute Gasteiger partial charge is 0.410 e. The van der Waals surface area contributed by atoms with Crippen molar-refractivity contribution in [1.29, 1.82) is 0 Å². The lowest BCUT2D eigenvalue weighted by Crippen LogP contribution is -2.42. The summed E-state index contributed by atoms with van der Waals surface area (Å²) in [5.41, 5.74) is 1.18. The van der Waals surface area contributed by atoms with Gasteiger partial charge < -0.3 is 15.0 Å². The molecule has 6 nitrogen and oxygen atoms in total. The summed E-state index contributed by atoms with van der Waals surface area (Å²) in [6.45, 7) is 3.67. The van der Waals surface area contributed by atoms with Gasteiger partial charge in [-0.15, -0.1) is 12.4 Å². The third kappa shape index (κ3) is 2.96. The summed E-state index contributed by atoms with van der Waals surface area (Å²) >= 11 is 0. The Morgan fingerprint density at radius 1 is 1.25 bits per heavy atom. The lowest BCUT2D eigenvalue weighted by atomic mass is 9.89. The van der Waals surface area contributed by atoms with Crippen molar-refractivity contribution in [1.82, 2.24) is 15.1 Å². The van der Waals surface area contributed by atoms with Crippen molar-refractivity contribution in [2.45, 2.75) is 6.04 Å². The second-order valence-electron chi connectivity index (χ2n) is 6.52. The molecule has 2 amide bonds. The van der Waals surface area contributed by atoms with E-state index >= 15 is 0 Å². The minimum atomic E-state index is -0.379. The highest BCUT2D eigenvalue weighted by atomic mass is 35.5. The van der Waals surface area contributed by atoms with Crippen molar-refractivity contribution in [3.8, 4) is 0 Å². The lowest BCUT2D eigenvalue weighted by molar-refractivity contribution is -0.133. The van der Waals surface area contributed by atoms with Crippen LogP contribution in [-0.2, 0) is 9.53 Å². The molecule has 3 aliphatic rings. The highest BCUT2D eigenvalue weighted by Crippen LogP contribution is 2.42. The fraction of sp³-hybridized carbons (Fsp3) is 0.529. The number of ether oxygens (including phenoxy) is 1. The van der Waals surface area contributed by atoms with Gasteiger partial charge in [-0.05, 0) is 11.5 Å². The van der Waals surface area contributed by atoms with Gasteiger partial charge in [0.25, 0.3) is 0 Å². The summed E-state index contributed by atoms with van der Waals surface area (Å²) < 4.78 is 4.92. The molecule has 3 heterocycles.